The van der Waals surface area contributed by atoms with Crippen molar-refractivity contribution in [2.45, 2.75) is 6.92 Å². The van der Waals surface area contributed by atoms with Gasteiger partial charge in [0.05, 0.1) is 79.3 Å². The fourth-order valence-electron chi connectivity index (χ4n) is 2.14. The summed E-state index contributed by atoms with van der Waals surface area (Å²) in [5, 5.41) is 3.38. The summed E-state index contributed by atoms with van der Waals surface area (Å²) in [5.74, 6) is 0. The molecule has 12 heteroatoms. The van der Waals surface area contributed by atoms with Gasteiger partial charge in [-0.3, -0.25) is 0 Å². The maximum atomic E-state index is 10.5. The molecule has 0 aromatic heterocycles. The van der Waals surface area contributed by atoms with Crippen LogP contribution in [-0.2, 0) is 42.7 Å². The molecular formula is C19H37N3O9. The average molecular weight is 452 g/mol. The van der Waals surface area contributed by atoms with E-state index < -0.39 is 5.41 Å². The summed E-state index contributed by atoms with van der Waals surface area (Å²) in [4.78, 5) is 13.1. The second kappa shape index (κ2) is 23.3. The number of methoxy groups -OCH3 is 1. The number of hydrogen-bond donors (Lipinski definition) is 0. The highest BCUT2D eigenvalue weighted by Crippen LogP contribution is 2.18. The minimum absolute atomic E-state index is 0.0242. The zero-order chi connectivity index (χ0) is 22.9. The van der Waals surface area contributed by atoms with E-state index in [1.807, 2.05) is 6.92 Å². The normalized spacial score (nSPS) is 13.0. The van der Waals surface area contributed by atoms with Crippen LogP contribution in [0.2, 0.25) is 0 Å². The zero-order valence-electron chi connectivity index (χ0n) is 18.7. The van der Waals surface area contributed by atoms with Crippen LogP contribution in [0.5, 0.6) is 0 Å². The van der Waals surface area contributed by atoms with Crippen LogP contribution in [0.25, 0.3) is 10.4 Å². The number of ether oxygens (including phenoxy) is 8. The predicted molar refractivity (Wildman–Crippen MR) is 111 cm³/mol. The molecule has 0 aliphatic heterocycles. The lowest BCUT2D eigenvalue weighted by atomic mass is 9.94. The maximum Gasteiger partial charge on any atom is 0.146 e. The quantitative estimate of drug-likeness (QED) is 0.0500. The van der Waals surface area contributed by atoms with E-state index in [1.54, 1.807) is 7.11 Å². The number of azide groups is 1. The largest absolute Gasteiger partial charge is 0.382 e. The Morgan fingerprint density at radius 1 is 0.774 bits per heavy atom. The number of nitrogens with zero attached hydrogens (tertiary/aromatic N) is 3. The number of rotatable bonds is 25. The lowest BCUT2D eigenvalue weighted by Gasteiger charge is -2.28. The average Bonchev–Trinajstić information content (AvgIpc) is 2.76. The van der Waals surface area contributed by atoms with Crippen LogP contribution in [0.4, 0.5) is 0 Å². The summed E-state index contributed by atoms with van der Waals surface area (Å²) in [5.41, 5.74) is 7.76. The third-order valence-corrected chi connectivity index (χ3v) is 3.65. The third kappa shape index (κ3) is 21.7. The fraction of sp³-hybridized carbons (Fsp3) is 0.947. The van der Waals surface area contributed by atoms with E-state index in [2.05, 4.69) is 10.0 Å². The van der Waals surface area contributed by atoms with Crippen molar-refractivity contribution in [3.8, 4) is 0 Å². The molecule has 0 N–H and O–H groups in total. The summed E-state index contributed by atoms with van der Waals surface area (Å²) in [6.07, 6.45) is 0.707. The van der Waals surface area contributed by atoms with Gasteiger partial charge in [-0.15, -0.1) is 0 Å². The van der Waals surface area contributed by atoms with E-state index in [0.29, 0.717) is 85.6 Å². The Hall–Kier alpha value is -1.34. The molecule has 31 heavy (non-hydrogen) atoms. The standard InChI is InChI=1S/C19H37N3O9/c1-19(15-27-6-4-23,16-28-12-9-25-5-3-21-22-20)17-29-13-10-26-11-14-31-18-30-8-7-24-2/h4H,3,5-18H2,1-2H3. The van der Waals surface area contributed by atoms with Crippen molar-refractivity contribution < 1.29 is 42.7 Å². The van der Waals surface area contributed by atoms with Gasteiger partial charge in [0.25, 0.3) is 0 Å². The topological polar surface area (TPSA) is 140 Å². The molecule has 1 unspecified atom stereocenters. The predicted octanol–water partition coefficient (Wildman–Crippen LogP) is 1.22. The maximum absolute atomic E-state index is 10.5. The minimum atomic E-state index is -0.420. The molecule has 0 spiro atoms. The van der Waals surface area contributed by atoms with Gasteiger partial charge in [0.1, 0.15) is 19.7 Å². The monoisotopic (exact) mass is 451 g/mol. The van der Waals surface area contributed by atoms with Crippen molar-refractivity contribution in [3.63, 3.8) is 0 Å². The molecule has 0 saturated carbocycles. The summed E-state index contributed by atoms with van der Waals surface area (Å²) >= 11 is 0. The summed E-state index contributed by atoms with van der Waals surface area (Å²) in [7, 11) is 1.61. The Balaban J connectivity index is 3.82. The fourth-order valence-corrected chi connectivity index (χ4v) is 2.14. The molecule has 0 amide bonds. The molecular weight excluding hydrogens is 414 g/mol. The first-order chi connectivity index (χ1) is 15.2. The molecule has 0 aliphatic rings. The van der Waals surface area contributed by atoms with Crippen molar-refractivity contribution in [3.05, 3.63) is 10.4 Å². The Kier molecular flexibility index (Phi) is 22.3. The van der Waals surface area contributed by atoms with E-state index in [1.165, 1.54) is 0 Å². The van der Waals surface area contributed by atoms with Crippen LogP contribution in [0.1, 0.15) is 6.92 Å². The third-order valence-electron chi connectivity index (χ3n) is 3.65. The molecule has 12 nitrogen and oxygen atoms in total. The molecule has 0 saturated heterocycles. The summed E-state index contributed by atoms with van der Waals surface area (Å²) < 4.78 is 42.7. The second-order valence-electron chi connectivity index (χ2n) is 6.70. The van der Waals surface area contributed by atoms with Crippen LogP contribution in [0.3, 0.4) is 0 Å². The van der Waals surface area contributed by atoms with Crippen molar-refractivity contribution in [1.82, 2.24) is 0 Å². The molecule has 0 aromatic rings. The van der Waals surface area contributed by atoms with Gasteiger partial charge in [0.15, 0.2) is 0 Å². The highest BCUT2D eigenvalue weighted by molar-refractivity contribution is 5.50. The molecule has 182 valence electrons. The lowest BCUT2D eigenvalue weighted by molar-refractivity contribution is -0.116. The molecule has 0 aromatic carbocycles. The van der Waals surface area contributed by atoms with Gasteiger partial charge in [-0.05, 0) is 5.53 Å². The van der Waals surface area contributed by atoms with Gasteiger partial charge in [-0.25, -0.2) is 0 Å². The van der Waals surface area contributed by atoms with Gasteiger partial charge in [0, 0.05) is 24.0 Å². The Morgan fingerprint density at radius 3 is 1.87 bits per heavy atom. The molecule has 1 atom stereocenters. The van der Waals surface area contributed by atoms with E-state index in [9.17, 15) is 4.79 Å². The van der Waals surface area contributed by atoms with Crippen LogP contribution in [-0.4, -0.2) is 113 Å². The SMILES string of the molecule is COCCOCOCCOCCOCC(C)(COCC=O)COCCOCCN=[N+]=[N-]. The van der Waals surface area contributed by atoms with Crippen LogP contribution in [0.15, 0.2) is 5.11 Å². The highest BCUT2D eigenvalue weighted by atomic mass is 16.7. The number of hydrogen-bond acceptors (Lipinski definition) is 10. The van der Waals surface area contributed by atoms with E-state index >= 15 is 0 Å². The first-order valence-electron chi connectivity index (χ1n) is 10.2. The van der Waals surface area contributed by atoms with Crippen LogP contribution in [0, 0.1) is 5.41 Å². The number of aldehydes is 1. The van der Waals surface area contributed by atoms with Crippen LogP contribution >= 0.6 is 0 Å². The van der Waals surface area contributed by atoms with E-state index in [4.69, 9.17) is 43.4 Å². The van der Waals surface area contributed by atoms with Crippen molar-refractivity contribution in [2.24, 2.45) is 10.5 Å². The van der Waals surface area contributed by atoms with Gasteiger partial charge in [-0.1, -0.05) is 12.0 Å². The molecule has 0 fully saturated rings. The molecule has 0 bridgehead atoms. The smallest absolute Gasteiger partial charge is 0.146 e. The van der Waals surface area contributed by atoms with Gasteiger partial charge in [0.2, 0.25) is 0 Å². The Labute approximate surface area is 184 Å². The molecule has 0 aliphatic carbocycles. The Morgan fingerprint density at radius 2 is 1.29 bits per heavy atom. The van der Waals surface area contributed by atoms with Crippen LogP contribution < -0.4 is 0 Å². The minimum Gasteiger partial charge on any atom is -0.382 e. The second-order valence-corrected chi connectivity index (χ2v) is 6.70. The molecule has 0 heterocycles. The lowest BCUT2D eigenvalue weighted by Crippen LogP contribution is -2.35. The number of carbonyl (C=O) groups is 1. The van der Waals surface area contributed by atoms with Crippen molar-refractivity contribution in [2.75, 3.05) is 106 Å². The summed E-state index contributed by atoms with van der Waals surface area (Å²) in [6.45, 7) is 7.44. The number of carbonyl (C=O) groups excluding carboxylic acids is 1. The van der Waals surface area contributed by atoms with Gasteiger partial charge >= 0.3 is 0 Å². The van der Waals surface area contributed by atoms with Crippen molar-refractivity contribution in [1.29, 1.82) is 0 Å². The Bertz CT molecular complexity index is 453. The summed E-state index contributed by atoms with van der Waals surface area (Å²) in [6, 6.07) is 0. The van der Waals surface area contributed by atoms with E-state index in [-0.39, 0.29) is 19.9 Å². The molecule has 0 radical (unpaired) electrons. The first kappa shape index (κ1) is 29.7. The van der Waals surface area contributed by atoms with Gasteiger partial charge in [-0.2, -0.15) is 0 Å². The molecule has 0 rings (SSSR count). The van der Waals surface area contributed by atoms with E-state index in [0.717, 1.165) is 0 Å². The van der Waals surface area contributed by atoms with Gasteiger partial charge < -0.3 is 42.7 Å². The van der Waals surface area contributed by atoms with Crippen molar-refractivity contribution >= 4 is 6.29 Å². The zero-order valence-corrected chi connectivity index (χ0v) is 18.7. The highest BCUT2D eigenvalue weighted by Gasteiger charge is 2.26. The first-order valence-corrected chi connectivity index (χ1v) is 10.2.